The first-order valence-corrected chi connectivity index (χ1v) is 6.99. The van der Waals surface area contributed by atoms with Crippen molar-refractivity contribution in [1.82, 2.24) is 0 Å². The fraction of sp³-hybridized carbons (Fsp3) is 0.933. The van der Waals surface area contributed by atoms with Crippen LogP contribution in [0.15, 0.2) is 0 Å². The minimum Gasteiger partial charge on any atom is -0.463 e. The molecular weight excluding hydrogens is 212 g/mol. The monoisotopic (exact) mass is 242 g/mol. The van der Waals surface area contributed by atoms with E-state index in [1.807, 2.05) is 6.92 Å². The van der Waals surface area contributed by atoms with Gasteiger partial charge >= 0.3 is 5.97 Å². The third-order valence-corrected chi connectivity index (χ3v) is 3.40. The molecule has 2 heteroatoms. The van der Waals surface area contributed by atoms with Crippen LogP contribution in [0.3, 0.4) is 0 Å². The van der Waals surface area contributed by atoms with Crippen molar-refractivity contribution in [1.29, 1.82) is 0 Å². The van der Waals surface area contributed by atoms with Gasteiger partial charge < -0.3 is 4.74 Å². The summed E-state index contributed by atoms with van der Waals surface area (Å²) in [6, 6.07) is 0. The van der Waals surface area contributed by atoms with Gasteiger partial charge in [-0.2, -0.15) is 0 Å². The van der Waals surface area contributed by atoms with Crippen molar-refractivity contribution >= 4 is 5.97 Å². The Kier molecular flexibility index (Phi) is 7.49. The first-order valence-electron chi connectivity index (χ1n) is 6.99. The van der Waals surface area contributed by atoms with Crippen LogP contribution in [0.2, 0.25) is 0 Å². The Morgan fingerprint density at radius 3 is 2.06 bits per heavy atom. The summed E-state index contributed by atoms with van der Waals surface area (Å²) in [5, 5.41) is 0. The summed E-state index contributed by atoms with van der Waals surface area (Å²) >= 11 is 0. The van der Waals surface area contributed by atoms with Gasteiger partial charge in [0.2, 0.25) is 0 Å². The maximum atomic E-state index is 10.8. The van der Waals surface area contributed by atoms with Gasteiger partial charge in [-0.25, -0.2) is 0 Å². The Hall–Kier alpha value is -0.530. The van der Waals surface area contributed by atoms with Gasteiger partial charge in [-0.05, 0) is 43.9 Å². The summed E-state index contributed by atoms with van der Waals surface area (Å²) in [6.07, 6.45) is 6.25. The van der Waals surface area contributed by atoms with Crippen molar-refractivity contribution in [2.75, 3.05) is 0 Å². The van der Waals surface area contributed by atoms with Gasteiger partial charge in [0.05, 0.1) is 0 Å². The first kappa shape index (κ1) is 16.5. The van der Waals surface area contributed by atoms with E-state index in [0.717, 1.165) is 0 Å². The van der Waals surface area contributed by atoms with Crippen LogP contribution in [0.4, 0.5) is 0 Å². The van der Waals surface area contributed by atoms with E-state index >= 15 is 0 Å². The van der Waals surface area contributed by atoms with Gasteiger partial charge in [0.1, 0.15) is 6.10 Å². The van der Waals surface area contributed by atoms with E-state index in [1.54, 1.807) is 0 Å². The van der Waals surface area contributed by atoms with Crippen molar-refractivity contribution in [3.8, 4) is 0 Å². The van der Waals surface area contributed by atoms with Crippen LogP contribution in [-0.4, -0.2) is 12.1 Å². The van der Waals surface area contributed by atoms with Gasteiger partial charge in [0, 0.05) is 6.92 Å². The van der Waals surface area contributed by atoms with Crippen molar-refractivity contribution in [2.45, 2.75) is 79.8 Å². The van der Waals surface area contributed by atoms with Gasteiger partial charge in [-0.3, -0.25) is 4.79 Å². The predicted molar refractivity (Wildman–Crippen MR) is 72.9 cm³/mol. The minimum atomic E-state index is -0.151. The molecule has 0 spiro atoms. The molecule has 1 aliphatic rings. The lowest BCUT2D eigenvalue weighted by Crippen LogP contribution is -2.30. The summed E-state index contributed by atoms with van der Waals surface area (Å²) in [6.45, 7) is 12.4. The molecule has 0 aromatic rings. The molecule has 0 N–H and O–H groups in total. The van der Waals surface area contributed by atoms with E-state index in [0.29, 0.717) is 11.3 Å². The van der Waals surface area contributed by atoms with Crippen LogP contribution in [0.1, 0.15) is 73.6 Å². The quantitative estimate of drug-likeness (QED) is 0.663. The number of ether oxygens (including phenoxy) is 1. The number of rotatable bonds is 2. The van der Waals surface area contributed by atoms with Crippen LogP contribution in [-0.2, 0) is 9.53 Å². The number of hydrogen-bond donors (Lipinski definition) is 0. The van der Waals surface area contributed by atoms with Crippen molar-refractivity contribution in [3.05, 3.63) is 0 Å². The Morgan fingerprint density at radius 2 is 1.71 bits per heavy atom. The molecule has 1 aliphatic carbocycles. The highest BCUT2D eigenvalue weighted by Gasteiger charge is 2.30. The van der Waals surface area contributed by atoms with Crippen molar-refractivity contribution in [2.24, 2.45) is 11.3 Å². The lowest BCUT2D eigenvalue weighted by molar-refractivity contribution is -0.148. The molecule has 1 saturated carbocycles. The second kappa shape index (κ2) is 7.73. The molecule has 0 aromatic carbocycles. The van der Waals surface area contributed by atoms with Gasteiger partial charge in [0.25, 0.3) is 0 Å². The normalized spacial score (nSPS) is 21.1. The van der Waals surface area contributed by atoms with E-state index in [9.17, 15) is 4.79 Å². The van der Waals surface area contributed by atoms with E-state index < -0.39 is 0 Å². The standard InChI is InChI=1S/C12H22O2.C3H8/c1-9(14-10(2)13)11-5-7-12(3,4)8-6-11;1-3-2/h9,11H,5-8H2,1-4H3;3H2,1-2H3. The summed E-state index contributed by atoms with van der Waals surface area (Å²) in [4.78, 5) is 10.8. The highest BCUT2D eigenvalue weighted by molar-refractivity contribution is 5.66. The Morgan fingerprint density at radius 1 is 1.29 bits per heavy atom. The number of carbonyl (C=O) groups is 1. The average molecular weight is 242 g/mol. The van der Waals surface area contributed by atoms with Crippen LogP contribution in [0.5, 0.6) is 0 Å². The second-order valence-corrected chi connectivity index (χ2v) is 6.02. The zero-order valence-corrected chi connectivity index (χ0v) is 12.5. The Labute approximate surface area is 107 Å². The molecule has 0 amide bonds. The molecule has 0 radical (unpaired) electrons. The maximum absolute atomic E-state index is 10.8. The fourth-order valence-corrected chi connectivity index (χ4v) is 2.25. The zero-order valence-electron chi connectivity index (χ0n) is 12.5. The van der Waals surface area contributed by atoms with Crippen molar-refractivity contribution < 1.29 is 9.53 Å². The first-order chi connectivity index (χ1) is 7.82. The van der Waals surface area contributed by atoms with E-state index in [1.165, 1.54) is 39.0 Å². The highest BCUT2D eigenvalue weighted by Crippen LogP contribution is 2.39. The number of carbonyl (C=O) groups excluding carboxylic acids is 1. The van der Waals surface area contributed by atoms with E-state index in [-0.39, 0.29) is 12.1 Å². The highest BCUT2D eigenvalue weighted by atomic mass is 16.5. The molecule has 1 rings (SSSR count). The van der Waals surface area contributed by atoms with Crippen LogP contribution < -0.4 is 0 Å². The lowest BCUT2D eigenvalue weighted by Gasteiger charge is -2.36. The number of esters is 1. The molecule has 0 aromatic heterocycles. The topological polar surface area (TPSA) is 26.3 Å². The van der Waals surface area contributed by atoms with Crippen LogP contribution in [0, 0.1) is 11.3 Å². The number of hydrogen-bond acceptors (Lipinski definition) is 2. The second-order valence-electron chi connectivity index (χ2n) is 6.02. The maximum Gasteiger partial charge on any atom is 0.302 e. The molecule has 1 fully saturated rings. The molecular formula is C15H30O2. The molecule has 1 unspecified atom stereocenters. The molecule has 102 valence electrons. The van der Waals surface area contributed by atoms with Crippen molar-refractivity contribution in [3.63, 3.8) is 0 Å². The third kappa shape index (κ3) is 7.40. The van der Waals surface area contributed by atoms with Gasteiger partial charge in [0.15, 0.2) is 0 Å². The largest absolute Gasteiger partial charge is 0.463 e. The molecule has 0 bridgehead atoms. The van der Waals surface area contributed by atoms with E-state index in [4.69, 9.17) is 4.74 Å². The molecule has 2 nitrogen and oxygen atoms in total. The average Bonchev–Trinajstić information content (AvgIpc) is 2.17. The minimum absolute atomic E-state index is 0.101. The Balaban J connectivity index is 0.000000770. The van der Waals surface area contributed by atoms with Crippen LogP contribution >= 0.6 is 0 Å². The molecule has 1 atom stereocenters. The van der Waals surface area contributed by atoms with Gasteiger partial charge in [-0.15, -0.1) is 0 Å². The predicted octanol–water partition coefficient (Wildman–Crippen LogP) is 4.57. The fourth-order valence-electron chi connectivity index (χ4n) is 2.25. The lowest BCUT2D eigenvalue weighted by atomic mass is 9.72. The van der Waals surface area contributed by atoms with Gasteiger partial charge in [-0.1, -0.05) is 34.1 Å². The summed E-state index contributed by atoms with van der Waals surface area (Å²) < 4.78 is 5.22. The molecule has 0 saturated heterocycles. The molecule has 0 aliphatic heterocycles. The zero-order chi connectivity index (χ0) is 13.5. The van der Waals surface area contributed by atoms with E-state index in [2.05, 4.69) is 27.7 Å². The van der Waals surface area contributed by atoms with Crippen LogP contribution in [0.25, 0.3) is 0 Å². The smallest absolute Gasteiger partial charge is 0.302 e. The SMILES string of the molecule is CC(=O)OC(C)C1CCC(C)(C)CC1.CCC. The summed E-state index contributed by atoms with van der Waals surface area (Å²) in [5.41, 5.74) is 0.493. The molecule has 0 heterocycles. The Bertz CT molecular complexity index is 211. The summed E-state index contributed by atoms with van der Waals surface area (Å²) in [7, 11) is 0. The molecule has 17 heavy (non-hydrogen) atoms. The summed E-state index contributed by atoms with van der Waals surface area (Å²) in [5.74, 6) is 0.425. The third-order valence-electron chi connectivity index (χ3n) is 3.40.